The summed E-state index contributed by atoms with van der Waals surface area (Å²) < 4.78 is 27.9. The zero-order valence-electron chi connectivity index (χ0n) is 17.0. The van der Waals surface area contributed by atoms with Gasteiger partial charge in [-0.1, -0.05) is 23.7 Å². The smallest absolute Gasteiger partial charge is 0.304 e. The van der Waals surface area contributed by atoms with Crippen molar-refractivity contribution in [3.63, 3.8) is 0 Å². The molecule has 2 aromatic rings. The summed E-state index contributed by atoms with van der Waals surface area (Å²) in [6, 6.07) is 13.0. The number of thioether (sulfide) groups is 1. The quantitative estimate of drug-likeness (QED) is 0.464. The van der Waals surface area contributed by atoms with Crippen LogP contribution in [0.2, 0.25) is 5.02 Å². The molecule has 9 heteroatoms. The molecule has 6 nitrogen and oxygen atoms in total. The molecule has 2 rings (SSSR count). The summed E-state index contributed by atoms with van der Waals surface area (Å²) in [5, 5.41) is 3.48. The van der Waals surface area contributed by atoms with E-state index < -0.39 is 10.2 Å². The number of hydrogen-bond acceptors (Lipinski definition) is 4. The molecule has 0 atom stereocenters. The standard InChI is InChI=1S/C20H26ClN3O3S2/c1-15-5-6-16(2)19(13-15)24(29(26,27)23(3)4)14-20(25)22-11-12-28-18-9-7-17(21)8-10-18/h5-10,13H,11-12,14H2,1-4H3,(H,22,25). The third kappa shape index (κ3) is 6.64. The molecular formula is C20H26ClN3O3S2. The van der Waals surface area contributed by atoms with Gasteiger partial charge in [-0.2, -0.15) is 12.7 Å². The first kappa shape index (κ1) is 23.5. The molecule has 0 aliphatic heterocycles. The molecule has 0 aromatic heterocycles. The molecule has 29 heavy (non-hydrogen) atoms. The maximum Gasteiger partial charge on any atom is 0.304 e. The number of anilines is 1. The maximum atomic E-state index is 12.8. The number of hydrogen-bond donors (Lipinski definition) is 1. The Balaban J connectivity index is 2.03. The highest BCUT2D eigenvalue weighted by atomic mass is 35.5. The second-order valence-electron chi connectivity index (χ2n) is 6.74. The Morgan fingerprint density at radius 3 is 2.38 bits per heavy atom. The lowest BCUT2D eigenvalue weighted by atomic mass is 10.1. The number of amides is 1. The van der Waals surface area contributed by atoms with Crippen LogP contribution in [-0.2, 0) is 15.0 Å². The minimum Gasteiger partial charge on any atom is -0.354 e. The average Bonchev–Trinajstić information content (AvgIpc) is 2.66. The van der Waals surface area contributed by atoms with Crippen LogP contribution in [0.4, 0.5) is 5.69 Å². The lowest BCUT2D eigenvalue weighted by Gasteiger charge is -2.28. The van der Waals surface area contributed by atoms with E-state index in [1.807, 2.05) is 50.2 Å². The number of carbonyl (C=O) groups is 1. The Morgan fingerprint density at radius 2 is 1.76 bits per heavy atom. The van der Waals surface area contributed by atoms with Crippen LogP contribution in [0.5, 0.6) is 0 Å². The van der Waals surface area contributed by atoms with Gasteiger partial charge in [-0.3, -0.25) is 4.79 Å². The molecule has 1 N–H and O–H groups in total. The van der Waals surface area contributed by atoms with Crippen molar-refractivity contribution in [2.24, 2.45) is 0 Å². The molecule has 0 saturated carbocycles. The van der Waals surface area contributed by atoms with Crippen molar-refractivity contribution in [2.45, 2.75) is 18.7 Å². The number of aryl methyl sites for hydroxylation is 2. The summed E-state index contributed by atoms with van der Waals surface area (Å²) in [5.74, 6) is 0.310. The van der Waals surface area contributed by atoms with E-state index in [9.17, 15) is 13.2 Å². The average molecular weight is 456 g/mol. The fraction of sp³-hybridized carbons (Fsp3) is 0.350. The Morgan fingerprint density at radius 1 is 1.10 bits per heavy atom. The van der Waals surface area contributed by atoms with Crippen molar-refractivity contribution in [3.05, 3.63) is 58.6 Å². The molecule has 1 amide bonds. The topological polar surface area (TPSA) is 69.7 Å². The number of rotatable bonds is 9. The monoisotopic (exact) mass is 455 g/mol. The van der Waals surface area contributed by atoms with Gasteiger partial charge in [0.2, 0.25) is 5.91 Å². The molecule has 0 spiro atoms. The molecule has 0 aliphatic rings. The molecule has 0 saturated heterocycles. The lowest BCUT2D eigenvalue weighted by Crippen LogP contribution is -2.46. The first-order valence-electron chi connectivity index (χ1n) is 9.04. The predicted octanol–water partition coefficient (Wildman–Crippen LogP) is 3.48. The van der Waals surface area contributed by atoms with E-state index in [2.05, 4.69) is 5.32 Å². The number of benzene rings is 2. The maximum absolute atomic E-state index is 12.8. The molecule has 2 aromatic carbocycles. The number of carbonyl (C=O) groups excluding carboxylic acids is 1. The molecule has 0 radical (unpaired) electrons. The van der Waals surface area contributed by atoms with Crippen LogP contribution in [-0.4, -0.2) is 51.6 Å². The van der Waals surface area contributed by atoms with Crippen molar-refractivity contribution in [3.8, 4) is 0 Å². The van der Waals surface area contributed by atoms with E-state index in [1.165, 1.54) is 14.1 Å². The molecule has 0 fully saturated rings. The highest BCUT2D eigenvalue weighted by molar-refractivity contribution is 7.99. The van der Waals surface area contributed by atoms with Crippen molar-refractivity contribution < 1.29 is 13.2 Å². The van der Waals surface area contributed by atoms with E-state index in [-0.39, 0.29) is 12.5 Å². The van der Waals surface area contributed by atoms with Gasteiger partial charge in [0.05, 0.1) is 5.69 Å². The molecule has 0 bridgehead atoms. The Bertz CT molecular complexity index is 948. The van der Waals surface area contributed by atoms with Gasteiger partial charge in [0.1, 0.15) is 6.54 Å². The molecule has 0 unspecified atom stereocenters. The number of nitrogens with zero attached hydrogens (tertiary/aromatic N) is 2. The van der Waals surface area contributed by atoms with Crippen LogP contribution >= 0.6 is 23.4 Å². The van der Waals surface area contributed by atoms with Crippen LogP contribution in [0.15, 0.2) is 47.4 Å². The van der Waals surface area contributed by atoms with Gasteiger partial charge in [-0.25, -0.2) is 4.31 Å². The second-order valence-corrected chi connectivity index (χ2v) is 10.4. The van der Waals surface area contributed by atoms with E-state index in [1.54, 1.807) is 17.8 Å². The summed E-state index contributed by atoms with van der Waals surface area (Å²) in [4.78, 5) is 13.5. The third-order valence-corrected chi connectivity index (χ3v) is 7.24. The van der Waals surface area contributed by atoms with Crippen LogP contribution < -0.4 is 9.62 Å². The van der Waals surface area contributed by atoms with Crippen LogP contribution in [0.3, 0.4) is 0 Å². The van der Waals surface area contributed by atoms with E-state index in [0.717, 1.165) is 24.6 Å². The van der Waals surface area contributed by atoms with Gasteiger partial charge < -0.3 is 5.32 Å². The zero-order chi connectivity index (χ0) is 21.6. The second kappa shape index (κ2) is 10.3. The minimum atomic E-state index is -3.82. The van der Waals surface area contributed by atoms with Crippen LogP contribution in [0.25, 0.3) is 0 Å². The fourth-order valence-corrected chi connectivity index (χ4v) is 4.57. The van der Waals surface area contributed by atoms with Crippen LogP contribution in [0, 0.1) is 13.8 Å². The normalized spacial score (nSPS) is 11.5. The largest absolute Gasteiger partial charge is 0.354 e. The predicted molar refractivity (Wildman–Crippen MR) is 121 cm³/mol. The highest BCUT2D eigenvalue weighted by Crippen LogP contribution is 2.25. The lowest BCUT2D eigenvalue weighted by molar-refractivity contribution is -0.119. The van der Waals surface area contributed by atoms with E-state index >= 15 is 0 Å². The Kier molecular flexibility index (Phi) is 8.39. The third-order valence-electron chi connectivity index (χ3n) is 4.17. The number of halogens is 1. The van der Waals surface area contributed by atoms with Gasteiger partial charge >= 0.3 is 10.2 Å². The van der Waals surface area contributed by atoms with Crippen molar-refractivity contribution >= 4 is 45.2 Å². The molecular weight excluding hydrogens is 430 g/mol. The first-order valence-corrected chi connectivity index (χ1v) is 11.8. The summed E-state index contributed by atoms with van der Waals surface area (Å²) in [6.45, 7) is 3.86. The molecule has 0 heterocycles. The van der Waals surface area contributed by atoms with Crippen molar-refractivity contribution in [1.82, 2.24) is 9.62 Å². The molecule has 158 valence electrons. The SMILES string of the molecule is Cc1ccc(C)c(N(CC(=O)NCCSc2ccc(Cl)cc2)S(=O)(=O)N(C)C)c1. The molecule has 0 aliphatic carbocycles. The van der Waals surface area contributed by atoms with Gasteiger partial charge in [0.25, 0.3) is 0 Å². The van der Waals surface area contributed by atoms with Crippen molar-refractivity contribution in [2.75, 3.05) is 37.2 Å². The van der Waals surface area contributed by atoms with Gasteiger partial charge in [-0.15, -0.1) is 11.8 Å². The Labute approximate surface area is 182 Å². The summed E-state index contributed by atoms with van der Waals surface area (Å²) >= 11 is 7.46. The minimum absolute atomic E-state index is 0.281. The fourth-order valence-electron chi connectivity index (χ4n) is 2.55. The van der Waals surface area contributed by atoms with Gasteiger partial charge in [0, 0.05) is 36.3 Å². The van der Waals surface area contributed by atoms with E-state index in [4.69, 9.17) is 11.6 Å². The van der Waals surface area contributed by atoms with E-state index in [0.29, 0.717) is 23.0 Å². The highest BCUT2D eigenvalue weighted by Gasteiger charge is 2.28. The summed E-state index contributed by atoms with van der Waals surface area (Å²) in [5.41, 5.74) is 2.21. The Hall–Kier alpha value is -1.74. The first-order chi connectivity index (χ1) is 13.6. The summed E-state index contributed by atoms with van der Waals surface area (Å²) in [7, 11) is -0.911. The van der Waals surface area contributed by atoms with Crippen LogP contribution in [0.1, 0.15) is 11.1 Å². The van der Waals surface area contributed by atoms with Gasteiger partial charge in [0.15, 0.2) is 0 Å². The van der Waals surface area contributed by atoms with Crippen molar-refractivity contribution in [1.29, 1.82) is 0 Å². The van der Waals surface area contributed by atoms with Gasteiger partial charge in [-0.05, 0) is 55.3 Å². The zero-order valence-corrected chi connectivity index (χ0v) is 19.4. The number of nitrogens with one attached hydrogen (secondary N) is 1. The summed E-state index contributed by atoms with van der Waals surface area (Å²) in [6.07, 6.45) is 0.